The summed E-state index contributed by atoms with van der Waals surface area (Å²) >= 11 is 0. The first-order valence-corrected chi connectivity index (χ1v) is 6.65. The Labute approximate surface area is 121 Å². The molecule has 5 heteroatoms. The Balaban J connectivity index is 1.80. The van der Waals surface area contributed by atoms with Crippen molar-refractivity contribution in [3.8, 4) is 5.75 Å². The van der Waals surface area contributed by atoms with E-state index in [1.54, 1.807) is 12.1 Å². The number of rotatable bonds is 5. The number of alkyl halides is 3. The van der Waals surface area contributed by atoms with E-state index in [0.29, 0.717) is 18.7 Å². The van der Waals surface area contributed by atoms with Crippen LogP contribution in [0.4, 0.5) is 18.9 Å². The maximum Gasteiger partial charge on any atom is 0.416 e. The van der Waals surface area contributed by atoms with Gasteiger partial charge in [0.15, 0.2) is 0 Å². The second-order valence-corrected chi connectivity index (χ2v) is 4.73. The molecule has 0 aliphatic rings. The van der Waals surface area contributed by atoms with Crippen molar-refractivity contribution in [3.05, 3.63) is 59.7 Å². The molecule has 0 bridgehead atoms. The average Bonchev–Trinajstić information content (AvgIpc) is 2.45. The number of hydrogen-bond acceptors (Lipinski definition) is 2. The second kappa shape index (κ2) is 6.52. The van der Waals surface area contributed by atoms with E-state index in [4.69, 9.17) is 0 Å². The first-order valence-electron chi connectivity index (χ1n) is 6.65. The molecule has 0 unspecified atom stereocenters. The zero-order valence-corrected chi connectivity index (χ0v) is 11.3. The number of phenolic OH excluding ortho intramolecular Hbond substituents is 1. The summed E-state index contributed by atoms with van der Waals surface area (Å²) < 4.78 is 37.2. The van der Waals surface area contributed by atoms with Crippen LogP contribution in [0.25, 0.3) is 0 Å². The number of aromatic hydroxyl groups is 1. The summed E-state index contributed by atoms with van der Waals surface area (Å²) in [6, 6.07) is 12.1. The van der Waals surface area contributed by atoms with E-state index >= 15 is 0 Å². The van der Waals surface area contributed by atoms with Gasteiger partial charge in [-0.1, -0.05) is 18.2 Å². The van der Waals surface area contributed by atoms with Crippen molar-refractivity contribution >= 4 is 5.69 Å². The smallest absolute Gasteiger partial charge is 0.416 e. The van der Waals surface area contributed by atoms with Crippen molar-refractivity contribution < 1.29 is 18.3 Å². The predicted octanol–water partition coefficient (Wildman–Crippen LogP) is 4.46. The Hall–Kier alpha value is -2.17. The summed E-state index contributed by atoms with van der Waals surface area (Å²) in [5.41, 5.74) is 0.870. The molecule has 0 saturated carbocycles. The number of benzene rings is 2. The number of nitrogens with one attached hydrogen (secondary N) is 1. The number of para-hydroxylation sites is 1. The zero-order valence-electron chi connectivity index (χ0n) is 11.3. The van der Waals surface area contributed by atoms with Crippen LogP contribution in [0, 0.1) is 0 Å². The number of halogens is 3. The molecule has 0 heterocycles. The lowest BCUT2D eigenvalue weighted by atomic mass is 10.1. The number of hydrogen-bond donors (Lipinski definition) is 2. The molecule has 112 valence electrons. The largest absolute Gasteiger partial charge is 0.508 e. The maximum absolute atomic E-state index is 12.4. The van der Waals surface area contributed by atoms with Gasteiger partial charge in [-0.05, 0) is 48.7 Å². The summed E-state index contributed by atoms with van der Waals surface area (Å²) in [6.07, 6.45) is -2.82. The molecule has 21 heavy (non-hydrogen) atoms. The third-order valence-electron chi connectivity index (χ3n) is 3.16. The highest BCUT2D eigenvalue weighted by atomic mass is 19.4. The Morgan fingerprint density at radius 3 is 2.24 bits per heavy atom. The van der Waals surface area contributed by atoms with Gasteiger partial charge in [0.1, 0.15) is 5.75 Å². The van der Waals surface area contributed by atoms with Gasteiger partial charge in [-0.3, -0.25) is 0 Å². The fourth-order valence-corrected chi connectivity index (χ4v) is 2.01. The van der Waals surface area contributed by atoms with Crippen LogP contribution in [-0.4, -0.2) is 11.7 Å². The van der Waals surface area contributed by atoms with Crippen LogP contribution in [0.2, 0.25) is 0 Å². The fourth-order valence-electron chi connectivity index (χ4n) is 2.01. The van der Waals surface area contributed by atoms with Crippen LogP contribution in [0.3, 0.4) is 0 Å². The normalized spacial score (nSPS) is 11.4. The van der Waals surface area contributed by atoms with Crippen molar-refractivity contribution in [2.45, 2.75) is 19.0 Å². The molecule has 0 aromatic heterocycles. The number of phenols is 1. The van der Waals surface area contributed by atoms with Crippen molar-refractivity contribution in [1.29, 1.82) is 0 Å². The van der Waals surface area contributed by atoms with E-state index in [1.807, 2.05) is 12.1 Å². The van der Waals surface area contributed by atoms with Crippen LogP contribution >= 0.6 is 0 Å². The van der Waals surface area contributed by atoms with Crippen LogP contribution in [0.5, 0.6) is 5.75 Å². The molecular weight excluding hydrogens is 279 g/mol. The minimum absolute atomic E-state index is 0.270. The SMILES string of the molecule is Oc1ccccc1CCCNc1ccc(C(F)(F)F)cc1. The van der Waals surface area contributed by atoms with Gasteiger partial charge in [0.2, 0.25) is 0 Å². The Bertz CT molecular complexity index is 579. The zero-order chi connectivity index (χ0) is 15.3. The molecule has 2 rings (SSSR count). The Kier molecular flexibility index (Phi) is 4.73. The van der Waals surface area contributed by atoms with Gasteiger partial charge < -0.3 is 10.4 Å². The standard InChI is InChI=1S/C16H16F3NO/c17-16(18,19)13-7-9-14(10-8-13)20-11-3-5-12-4-1-2-6-15(12)21/h1-2,4,6-10,20-21H,3,5,11H2. The maximum atomic E-state index is 12.4. The van der Waals surface area contributed by atoms with E-state index in [0.717, 1.165) is 24.1 Å². The van der Waals surface area contributed by atoms with Crippen molar-refractivity contribution in [2.24, 2.45) is 0 Å². The first-order chi connectivity index (χ1) is 9.97. The average molecular weight is 295 g/mol. The lowest BCUT2D eigenvalue weighted by Gasteiger charge is -2.10. The summed E-state index contributed by atoms with van der Waals surface area (Å²) in [7, 11) is 0. The monoisotopic (exact) mass is 295 g/mol. The molecular formula is C16H16F3NO. The van der Waals surface area contributed by atoms with E-state index in [2.05, 4.69) is 5.32 Å². The molecule has 2 N–H and O–H groups in total. The molecule has 0 spiro atoms. The number of anilines is 1. The third-order valence-corrected chi connectivity index (χ3v) is 3.16. The van der Waals surface area contributed by atoms with Crippen LogP contribution in [0.1, 0.15) is 17.5 Å². The summed E-state index contributed by atoms with van der Waals surface area (Å²) in [5.74, 6) is 0.270. The first kappa shape index (κ1) is 15.2. The molecule has 0 fully saturated rings. The highest BCUT2D eigenvalue weighted by Gasteiger charge is 2.29. The van der Waals surface area contributed by atoms with Gasteiger partial charge in [0.25, 0.3) is 0 Å². The highest BCUT2D eigenvalue weighted by Crippen LogP contribution is 2.29. The van der Waals surface area contributed by atoms with E-state index in [1.165, 1.54) is 12.1 Å². The van der Waals surface area contributed by atoms with Crippen molar-refractivity contribution in [1.82, 2.24) is 0 Å². The van der Waals surface area contributed by atoms with Gasteiger partial charge in [0.05, 0.1) is 5.56 Å². The Morgan fingerprint density at radius 2 is 1.62 bits per heavy atom. The molecule has 0 aliphatic heterocycles. The minimum atomic E-state index is -4.30. The summed E-state index contributed by atoms with van der Waals surface area (Å²) in [5, 5.41) is 12.7. The summed E-state index contributed by atoms with van der Waals surface area (Å²) in [4.78, 5) is 0. The molecule has 0 radical (unpaired) electrons. The molecule has 0 aliphatic carbocycles. The van der Waals surface area contributed by atoms with Gasteiger partial charge in [0, 0.05) is 12.2 Å². The van der Waals surface area contributed by atoms with Crippen LogP contribution in [0.15, 0.2) is 48.5 Å². The van der Waals surface area contributed by atoms with Gasteiger partial charge in [-0.15, -0.1) is 0 Å². The highest BCUT2D eigenvalue weighted by molar-refractivity contribution is 5.45. The summed E-state index contributed by atoms with van der Waals surface area (Å²) in [6.45, 7) is 0.625. The van der Waals surface area contributed by atoms with E-state index in [9.17, 15) is 18.3 Å². The predicted molar refractivity (Wildman–Crippen MR) is 76.4 cm³/mol. The molecule has 2 aromatic rings. The fraction of sp³-hybridized carbons (Fsp3) is 0.250. The number of aryl methyl sites for hydroxylation is 1. The molecule has 2 aromatic carbocycles. The van der Waals surface area contributed by atoms with Gasteiger partial charge in [-0.2, -0.15) is 13.2 Å². The molecule has 2 nitrogen and oxygen atoms in total. The van der Waals surface area contributed by atoms with Gasteiger partial charge >= 0.3 is 6.18 Å². The van der Waals surface area contributed by atoms with Gasteiger partial charge in [-0.25, -0.2) is 0 Å². The Morgan fingerprint density at radius 1 is 0.952 bits per heavy atom. The molecule has 0 saturated heterocycles. The third kappa shape index (κ3) is 4.41. The van der Waals surface area contributed by atoms with E-state index in [-0.39, 0.29) is 5.75 Å². The topological polar surface area (TPSA) is 32.3 Å². The quantitative estimate of drug-likeness (QED) is 0.798. The van der Waals surface area contributed by atoms with Crippen molar-refractivity contribution in [3.63, 3.8) is 0 Å². The van der Waals surface area contributed by atoms with E-state index < -0.39 is 11.7 Å². The lowest BCUT2D eigenvalue weighted by molar-refractivity contribution is -0.137. The minimum Gasteiger partial charge on any atom is -0.508 e. The van der Waals surface area contributed by atoms with Crippen LogP contribution < -0.4 is 5.32 Å². The molecule has 0 amide bonds. The lowest BCUT2D eigenvalue weighted by Crippen LogP contribution is -2.06. The van der Waals surface area contributed by atoms with Crippen molar-refractivity contribution in [2.75, 3.05) is 11.9 Å². The molecule has 0 atom stereocenters. The second-order valence-electron chi connectivity index (χ2n) is 4.73. The van der Waals surface area contributed by atoms with Crippen LogP contribution in [-0.2, 0) is 12.6 Å².